The molecular weight excluding hydrogens is 270 g/mol. The number of thiophene rings is 1. The van der Waals surface area contributed by atoms with Crippen molar-refractivity contribution in [3.63, 3.8) is 0 Å². The standard InChI is InChI=1S/C16H23NO2S/c1-16(2,3)17-10-13-9-14(19-11-13)12-18-7-6-15-5-4-8-20-15/h4-5,8-9,11,17H,6-7,10,12H2,1-3H3. The summed E-state index contributed by atoms with van der Waals surface area (Å²) in [6.07, 6.45) is 2.77. The molecule has 2 aromatic heterocycles. The van der Waals surface area contributed by atoms with E-state index in [1.54, 1.807) is 17.6 Å². The topological polar surface area (TPSA) is 34.4 Å². The second kappa shape index (κ2) is 7.07. The van der Waals surface area contributed by atoms with Crippen LogP contribution in [-0.4, -0.2) is 12.1 Å². The lowest BCUT2D eigenvalue weighted by Crippen LogP contribution is -2.34. The first-order chi connectivity index (χ1) is 9.53. The molecule has 0 saturated heterocycles. The highest BCUT2D eigenvalue weighted by atomic mass is 32.1. The van der Waals surface area contributed by atoms with Gasteiger partial charge in [0.05, 0.1) is 12.9 Å². The fourth-order valence-electron chi connectivity index (χ4n) is 1.76. The van der Waals surface area contributed by atoms with Gasteiger partial charge in [-0.1, -0.05) is 6.07 Å². The second-order valence-electron chi connectivity index (χ2n) is 5.91. The van der Waals surface area contributed by atoms with Gasteiger partial charge in [-0.05, 0) is 38.3 Å². The van der Waals surface area contributed by atoms with Gasteiger partial charge in [-0.2, -0.15) is 0 Å². The maximum atomic E-state index is 5.64. The SMILES string of the molecule is CC(C)(C)NCc1coc(COCCc2cccs2)c1. The predicted octanol–water partition coefficient (Wildman–Crippen LogP) is 3.99. The Balaban J connectivity index is 1.67. The number of furan rings is 1. The largest absolute Gasteiger partial charge is 0.467 e. The summed E-state index contributed by atoms with van der Waals surface area (Å²) in [4.78, 5) is 1.36. The van der Waals surface area contributed by atoms with Crippen LogP contribution in [0.2, 0.25) is 0 Å². The quantitative estimate of drug-likeness (QED) is 0.784. The molecule has 0 aliphatic heterocycles. The molecule has 0 spiro atoms. The third-order valence-corrected chi connectivity index (χ3v) is 3.78. The van der Waals surface area contributed by atoms with Gasteiger partial charge in [-0.3, -0.25) is 0 Å². The number of ether oxygens (including phenoxy) is 1. The Kier molecular flexibility index (Phi) is 5.40. The van der Waals surface area contributed by atoms with E-state index in [4.69, 9.17) is 9.15 Å². The third-order valence-electron chi connectivity index (χ3n) is 2.85. The van der Waals surface area contributed by atoms with Gasteiger partial charge >= 0.3 is 0 Å². The predicted molar refractivity (Wildman–Crippen MR) is 83.0 cm³/mol. The molecule has 2 heterocycles. The zero-order valence-corrected chi connectivity index (χ0v) is 13.3. The zero-order valence-electron chi connectivity index (χ0n) is 12.4. The van der Waals surface area contributed by atoms with Gasteiger partial charge < -0.3 is 14.5 Å². The highest BCUT2D eigenvalue weighted by Crippen LogP contribution is 2.12. The van der Waals surface area contributed by atoms with Crippen molar-refractivity contribution in [1.82, 2.24) is 5.32 Å². The Labute approximate surface area is 125 Å². The molecule has 4 heteroatoms. The molecule has 0 saturated carbocycles. The smallest absolute Gasteiger partial charge is 0.129 e. The van der Waals surface area contributed by atoms with E-state index in [-0.39, 0.29) is 5.54 Å². The second-order valence-corrected chi connectivity index (χ2v) is 6.94. The van der Waals surface area contributed by atoms with Crippen molar-refractivity contribution in [3.05, 3.63) is 46.0 Å². The molecule has 0 amide bonds. The van der Waals surface area contributed by atoms with Gasteiger partial charge in [0.2, 0.25) is 0 Å². The highest BCUT2D eigenvalue weighted by molar-refractivity contribution is 7.09. The van der Waals surface area contributed by atoms with Gasteiger partial charge in [-0.15, -0.1) is 11.3 Å². The molecule has 2 aromatic rings. The van der Waals surface area contributed by atoms with E-state index in [1.807, 2.05) is 0 Å². The van der Waals surface area contributed by atoms with Gasteiger partial charge in [-0.25, -0.2) is 0 Å². The molecule has 110 valence electrons. The molecule has 0 bridgehead atoms. The highest BCUT2D eigenvalue weighted by Gasteiger charge is 2.09. The van der Waals surface area contributed by atoms with Gasteiger partial charge in [0.25, 0.3) is 0 Å². The van der Waals surface area contributed by atoms with E-state index in [0.717, 1.165) is 30.9 Å². The molecule has 0 aliphatic rings. The van der Waals surface area contributed by atoms with Crippen LogP contribution in [0.15, 0.2) is 34.3 Å². The van der Waals surface area contributed by atoms with Crippen LogP contribution in [0.1, 0.15) is 37.0 Å². The first kappa shape index (κ1) is 15.3. The molecule has 2 rings (SSSR count). The van der Waals surface area contributed by atoms with E-state index in [2.05, 4.69) is 49.7 Å². The first-order valence-corrected chi connectivity index (χ1v) is 7.82. The average Bonchev–Trinajstić information content (AvgIpc) is 3.03. The van der Waals surface area contributed by atoms with Crippen LogP contribution in [0, 0.1) is 0 Å². The zero-order chi connectivity index (χ0) is 14.4. The number of hydrogen-bond donors (Lipinski definition) is 1. The van der Waals surface area contributed by atoms with E-state index in [9.17, 15) is 0 Å². The average molecular weight is 293 g/mol. The normalized spacial score (nSPS) is 11.9. The van der Waals surface area contributed by atoms with Gasteiger partial charge in [0.1, 0.15) is 12.4 Å². The van der Waals surface area contributed by atoms with Crippen LogP contribution in [-0.2, 0) is 24.3 Å². The minimum atomic E-state index is 0.120. The molecule has 20 heavy (non-hydrogen) atoms. The first-order valence-electron chi connectivity index (χ1n) is 6.94. The van der Waals surface area contributed by atoms with E-state index in [0.29, 0.717) is 6.61 Å². The van der Waals surface area contributed by atoms with Crippen molar-refractivity contribution in [1.29, 1.82) is 0 Å². The minimum absolute atomic E-state index is 0.120. The number of nitrogens with one attached hydrogen (secondary N) is 1. The lowest BCUT2D eigenvalue weighted by molar-refractivity contribution is 0.109. The summed E-state index contributed by atoms with van der Waals surface area (Å²) in [6.45, 7) is 8.56. The Morgan fingerprint density at radius 1 is 1.35 bits per heavy atom. The van der Waals surface area contributed by atoms with Crippen LogP contribution in [0.4, 0.5) is 0 Å². The van der Waals surface area contributed by atoms with Crippen LogP contribution in [0.25, 0.3) is 0 Å². The van der Waals surface area contributed by atoms with Crippen molar-refractivity contribution in [3.8, 4) is 0 Å². The molecule has 0 fully saturated rings. The van der Waals surface area contributed by atoms with Crippen molar-refractivity contribution in [2.24, 2.45) is 0 Å². The van der Waals surface area contributed by atoms with E-state index < -0.39 is 0 Å². The number of hydrogen-bond acceptors (Lipinski definition) is 4. The van der Waals surface area contributed by atoms with E-state index in [1.165, 1.54) is 4.88 Å². The molecule has 1 N–H and O–H groups in total. The summed E-state index contributed by atoms with van der Waals surface area (Å²) >= 11 is 1.77. The van der Waals surface area contributed by atoms with Crippen LogP contribution in [0.5, 0.6) is 0 Å². The summed E-state index contributed by atoms with van der Waals surface area (Å²) in [5.41, 5.74) is 1.28. The summed E-state index contributed by atoms with van der Waals surface area (Å²) in [6, 6.07) is 6.27. The summed E-state index contributed by atoms with van der Waals surface area (Å²) in [7, 11) is 0. The Morgan fingerprint density at radius 2 is 2.20 bits per heavy atom. The maximum absolute atomic E-state index is 5.64. The lowest BCUT2D eigenvalue weighted by atomic mass is 10.1. The lowest BCUT2D eigenvalue weighted by Gasteiger charge is -2.19. The summed E-state index contributed by atoms with van der Waals surface area (Å²) < 4.78 is 11.1. The molecule has 0 atom stereocenters. The molecule has 0 aliphatic carbocycles. The summed E-state index contributed by atoms with van der Waals surface area (Å²) in [5, 5.41) is 5.53. The van der Waals surface area contributed by atoms with Gasteiger partial charge in [0.15, 0.2) is 0 Å². The van der Waals surface area contributed by atoms with Crippen molar-refractivity contribution in [2.75, 3.05) is 6.61 Å². The minimum Gasteiger partial charge on any atom is -0.467 e. The van der Waals surface area contributed by atoms with Crippen LogP contribution in [0.3, 0.4) is 0 Å². The fourth-order valence-corrected chi connectivity index (χ4v) is 2.45. The Bertz CT molecular complexity index is 497. The molecule has 0 aromatic carbocycles. The third kappa shape index (κ3) is 5.49. The molecular formula is C16H23NO2S. The summed E-state index contributed by atoms with van der Waals surface area (Å²) in [5.74, 6) is 0.891. The Hall–Kier alpha value is -1.10. The number of rotatable bonds is 7. The van der Waals surface area contributed by atoms with Crippen LogP contribution >= 0.6 is 11.3 Å². The molecule has 0 unspecified atom stereocenters. The fraction of sp³-hybridized carbons (Fsp3) is 0.500. The van der Waals surface area contributed by atoms with Crippen molar-refractivity contribution < 1.29 is 9.15 Å². The molecule has 3 nitrogen and oxygen atoms in total. The van der Waals surface area contributed by atoms with Crippen LogP contribution < -0.4 is 5.32 Å². The van der Waals surface area contributed by atoms with Crippen molar-refractivity contribution in [2.45, 2.75) is 45.9 Å². The van der Waals surface area contributed by atoms with Gasteiger partial charge in [0, 0.05) is 28.9 Å². The maximum Gasteiger partial charge on any atom is 0.129 e. The monoisotopic (exact) mass is 293 g/mol. The van der Waals surface area contributed by atoms with E-state index >= 15 is 0 Å². The van der Waals surface area contributed by atoms with Crippen molar-refractivity contribution >= 4 is 11.3 Å². The Morgan fingerprint density at radius 3 is 2.90 bits per heavy atom. The molecule has 0 radical (unpaired) electrons.